The van der Waals surface area contributed by atoms with Crippen molar-refractivity contribution in [3.05, 3.63) is 30.3 Å². The van der Waals surface area contributed by atoms with Gasteiger partial charge in [0.1, 0.15) is 0 Å². The van der Waals surface area contributed by atoms with Gasteiger partial charge in [-0.2, -0.15) is 0 Å². The summed E-state index contributed by atoms with van der Waals surface area (Å²) < 4.78 is 10.4. The van der Waals surface area contributed by atoms with Crippen molar-refractivity contribution >= 4 is 31.4 Å². The predicted octanol–water partition coefficient (Wildman–Crippen LogP) is 0.574. The predicted molar refractivity (Wildman–Crippen MR) is 80.3 cm³/mol. The van der Waals surface area contributed by atoms with Gasteiger partial charge in [-0.1, -0.05) is 0 Å². The van der Waals surface area contributed by atoms with E-state index in [1.54, 1.807) is 0 Å². The van der Waals surface area contributed by atoms with Gasteiger partial charge >= 0.3 is 140 Å². The molecule has 1 aromatic rings. The Bertz CT molecular complexity index is 675. The van der Waals surface area contributed by atoms with Crippen LogP contribution in [0.25, 0.3) is 0 Å². The minimum atomic E-state index is -1.87. The number of nitriles is 2. The van der Waals surface area contributed by atoms with E-state index in [4.69, 9.17) is 9.47 Å². The first-order chi connectivity index (χ1) is 11.0. The summed E-state index contributed by atoms with van der Waals surface area (Å²) in [4.78, 5) is 24.1. The van der Waals surface area contributed by atoms with Gasteiger partial charge in [0.05, 0.1) is 0 Å². The fraction of sp³-hybridized carbons (Fsp3) is 0.375. The number of carbonyl (C=O) groups excluding carboxylic acids is 2. The van der Waals surface area contributed by atoms with Crippen molar-refractivity contribution in [1.82, 2.24) is 0 Å². The molecule has 1 atom stereocenters. The molecule has 0 aliphatic heterocycles. The zero-order valence-corrected chi connectivity index (χ0v) is 14.3. The van der Waals surface area contributed by atoms with Gasteiger partial charge in [-0.15, -0.1) is 0 Å². The van der Waals surface area contributed by atoms with E-state index < -0.39 is 27.6 Å². The Morgan fingerprint density at radius 3 is 2.09 bits per heavy atom. The molecule has 23 heavy (non-hydrogen) atoms. The Hall–Kier alpha value is -2.34. The van der Waals surface area contributed by atoms with Crippen molar-refractivity contribution in [3.63, 3.8) is 0 Å². The maximum atomic E-state index is 12.2. The van der Waals surface area contributed by atoms with E-state index in [1.807, 2.05) is 42.5 Å². The molecule has 0 radical (unpaired) electrons. The van der Waals surface area contributed by atoms with Gasteiger partial charge in [-0.05, 0) is 0 Å². The number of nitrogens with zero attached hydrogens (tertiary/aromatic N) is 2. The summed E-state index contributed by atoms with van der Waals surface area (Å²) in [6.45, 7) is 0. The number of hydrogen-bond donors (Lipinski definition) is 0. The van der Waals surface area contributed by atoms with Crippen molar-refractivity contribution in [3.8, 4) is 12.1 Å². The fourth-order valence-corrected chi connectivity index (χ4v) is 5.87. The molecule has 2 rings (SSSR count). The van der Waals surface area contributed by atoms with E-state index in [-0.39, 0.29) is 21.4 Å². The molecular weight excluding hydrogens is 363 g/mol. The van der Waals surface area contributed by atoms with Crippen molar-refractivity contribution < 1.29 is 19.1 Å². The number of ether oxygens (including phenoxy) is 2. The van der Waals surface area contributed by atoms with Crippen molar-refractivity contribution in [2.24, 2.45) is 10.8 Å². The van der Waals surface area contributed by atoms with Crippen LogP contribution in [0.3, 0.4) is 0 Å². The van der Waals surface area contributed by atoms with E-state index in [1.165, 1.54) is 0 Å². The van der Waals surface area contributed by atoms with Crippen LogP contribution in [0.4, 0.5) is 0 Å². The Kier molecular flexibility index (Phi) is 4.75. The van der Waals surface area contributed by atoms with Gasteiger partial charge in [-0.3, -0.25) is 0 Å². The SMILES string of the molecule is COC(=O)C1(C(=O)OC)C[C@H]([Se]c2ccccc2)C1(C#N)C#N. The number of benzene rings is 1. The Balaban J connectivity index is 2.45. The van der Waals surface area contributed by atoms with Crippen LogP contribution in [0.15, 0.2) is 30.3 Å². The van der Waals surface area contributed by atoms with Crippen LogP contribution in [0, 0.1) is 33.5 Å². The number of hydrogen-bond acceptors (Lipinski definition) is 6. The van der Waals surface area contributed by atoms with Crippen LogP contribution >= 0.6 is 0 Å². The molecule has 7 heteroatoms. The molecular formula is C16H14N2O4Se. The third kappa shape index (κ3) is 2.30. The van der Waals surface area contributed by atoms with E-state index in [0.29, 0.717) is 0 Å². The summed E-state index contributed by atoms with van der Waals surface area (Å²) in [5.41, 5.74) is -3.65. The molecule has 0 saturated heterocycles. The van der Waals surface area contributed by atoms with E-state index in [9.17, 15) is 20.1 Å². The Labute approximate surface area is 140 Å². The standard InChI is InChI=1S/C16H14N2O4Se/c1-21-13(19)16(14(20)22-2)8-12(15(16,9-17)10-18)23-11-6-4-3-5-7-11/h3-7,12H,8H2,1-2H3/t12-/m0/s1. The maximum absolute atomic E-state index is 12.2. The average molecular weight is 377 g/mol. The second-order valence-electron chi connectivity index (χ2n) is 5.04. The summed E-state index contributed by atoms with van der Waals surface area (Å²) in [5, 5.41) is 19.3. The normalized spacial score (nSPS) is 20.3. The van der Waals surface area contributed by atoms with Gasteiger partial charge in [0.25, 0.3) is 0 Å². The monoisotopic (exact) mass is 378 g/mol. The molecule has 0 unspecified atom stereocenters. The van der Waals surface area contributed by atoms with Crippen LogP contribution in [0.5, 0.6) is 0 Å². The molecule has 0 bridgehead atoms. The zero-order chi connectivity index (χ0) is 17.1. The minimum absolute atomic E-state index is 0.0718. The van der Waals surface area contributed by atoms with Crippen LogP contribution in [0.2, 0.25) is 4.82 Å². The summed E-state index contributed by atoms with van der Waals surface area (Å²) in [7, 11) is 2.25. The van der Waals surface area contributed by atoms with Crippen molar-refractivity contribution in [1.29, 1.82) is 10.5 Å². The first-order valence-corrected chi connectivity index (χ1v) is 8.58. The fourth-order valence-electron chi connectivity index (χ4n) is 2.81. The Morgan fingerprint density at radius 1 is 1.13 bits per heavy atom. The topological polar surface area (TPSA) is 100 Å². The summed E-state index contributed by atoms with van der Waals surface area (Å²) in [6, 6.07) is 13.2. The molecule has 1 aliphatic carbocycles. The quantitative estimate of drug-likeness (QED) is 0.432. The average Bonchev–Trinajstić information content (AvgIpc) is 2.59. The molecule has 1 aliphatic rings. The number of carbonyl (C=O) groups is 2. The molecule has 0 N–H and O–H groups in total. The van der Waals surface area contributed by atoms with Crippen molar-refractivity contribution in [2.45, 2.75) is 11.2 Å². The van der Waals surface area contributed by atoms with Gasteiger partial charge < -0.3 is 0 Å². The summed E-state index contributed by atoms with van der Waals surface area (Å²) in [6.07, 6.45) is 0.0718. The number of methoxy groups -OCH3 is 2. The molecule has 0 aromatic heterocycles. The molecule has 0 spiro atoms. The first kappa shape index (κ1) is 17.0. The van der Waals surface area contributed by atoms with Crippen LogP contribution < -0.4 is 4.46 Å². The molecule has 1 saturated carbocycles. The van der Waals surface area contributed by atoms with E-state index >= 15 is 0 Å². The third-order valence-corrected chi connectivity index (χ3v) is 6.92. The van der Waals surface area contributed by atoms with E-state index in [0.717, 1.165) is 18.7 Å². The van der Waals surface area contributed by atoms with Gasteiger partial charge in [0.2, 0.25) is 0 Å². The molecule has 118 valence electrons. The summed E-state index contributed by atoms with van der Waals surface area (Å²) >= 11 is -0.238. The Morgan fingerprint density at radius 2 is 1.65 bits per heavy atom. The number of esters is 2. The van der Waals surface area contributed by atoms with Gasteiger partial charge in [0, 0.05) is 0 Å². The molecule has 6 nitrogen and oxygen atoms in total. The second-order valence-corrected chi connectivity index (χ2v) is 7.72. The zero-order valence-electron chi connectivity index (χ0n) is 12.6. The second kappa shape index (κ2) is 6.42. The molecule has 1 aromatic carbocycles. The van der Waals surface area contributed by atoms with Crippen molar-refractivity contribution in [2.75, 3.05) is 14.2 Å². The van der Waals surface area contributed by atoms with Crippen LogP contribution in [-0.2, 0) is 19.1 Å². The van der Waals surface area contributed by atoms with E-state index in [2.05, 4.69) is 0 Å². The first-order valence-electron chi connectivity index (χ1n) is 6.73. The summed E-state index contributed by atoms with van der Waals surface area (Å²) in [5.74, 6) is -1.79. The molecule has 1 fully saturated rings. The number of rotatable bonds is 4. The van der Waals surface area contributed by atoms with Crippen LogP contribution in [0.1, 0.15) is 6.42 Å². The third-order valence-electron chi connectivity index (χ3n) is 4.09. The van der Waals surface area contributed by atoms with Gasteiger partial charge in [-0.25, -0.2) is 0 Å². The van der Waals surface area contributed by atoms with Gasteiger partial charge in [0.15, 0.2) is 0 Å². The van der Waals surface area contributed by atoms with Crippen LogP contribution in [-0.4, -0.2) is 41.1 Å². The molecule has 0 heterocycles. The molecule has 0 amide bonds.